The second-order valence-electron chi connectivity index (χ2n) is 11.4. The molecule has 2 heterocycles. The highest BCUT2D eigenvalue weighted by atomic mass is 35.5. The summed E-state index contributed by atoms with van der Waals surface area (Å²) in [5, 5.41) is 0. The number of nitrogens with zero attached hydrogens (tertiary/aromatic N) is 2. The molecular weight excluding hydrogens is 542 g/mol. The lowest BCUT2D eigenvalue weighted by Gasteiger charge is -2.32. The van der Waals surface area contributed by atoms with Gasteiger partial charge in [-0.3, -0.25) is 14.6 Å². The van der Waals surface area contributed by atoms with E-state index in [-0.39, 0.29) is 30.6 Å². The summed E-state index contributed by atoms with van der Waals surface area (Å²) in [6.45, 7) is 8.32. The first-order valence-electron chi connectivity index (χ1n) is 14.4. The third kappa shape index (κ3) is 9.14. The molecule has 0 bridgehead atoms. The van der Waals surface area contributed by atoms with Crippen molar-refractivity contribution in [2.45, 2.75) is 65.0 Å². The van der Waals surface area contributed by atoms with Crippen LogP contribution in [0, 0.1) is 18.7 Å². The molecule has 0 aliphatic carbocycles. The van der Waals surface area contributed by atoms with Gasteiger partial charge in [-0.05, 0) is 105 Å². The smallest absolute Gasteiger partial charge is 0.162 e. The van der Waals surface area contributed by atoms with Gasteiger partial charge in [0.25, 0.3) is 0 Å². The van der Waals surface area contributed by atoms with Crippen molar-refractivity contribution in [1.29, 1.82) is 0 Å². The summed E-state index contributed by atoms with van der Waals surface area (Å²) >= 11 is 0. The van der Waals surface area contributed by atoms with Gasteiger partial charge in [0.15, 0.2) is 5.78 Å². The van der Waals surface area contributed by atoms with Gasteiger partial charge in [0.2, 0.25) is 0 Å². The van der Waals surface area contributed by atoms with Crippen LogP contribution < -0.4 is 0 Å². The van der Waals surface area contributed by atoms with Gasteiger partial charge in [0.1, 0.15) is 5.82 Å². The van der Waals surface area contributed by atoms with E-state index in [1.54, 1.807) is 12.1 Å². The van der Waals surface area contributed by atoms with Crippen LogP contribution in [-0.4, -0.2) is 41.8 Å². The van der Waals surface area contributed by atoms with Crippen LogP contribution in [0.5, 0.6) is 0 Å². The van der Waals surface area contributed by atoms with E-state index < -0.39 is 0 Å². The molecule has 0 amide bonds. The van der Waals surface area contributed by atoms with E-state index in [0.717, 1.165) is 70.5 Å². The van der Waals surface area contributed by atoms with Crippen LogP contribution in [0.25, 0.3) is 0 Å². The van der Waals surface area contributed by atoms with Gasteiger partial charge in [0, 0.05) is 38.2 Å². The van der Waals surface area contributed by atoms with E-state index in [0.29, 0.717) is 18.1 Å². The molecule has 0 N–H and O–H groups in total. The Morgan fingerprint density at radius 2 is 1.48 bits per heavy atom. The maximum atomic E-state index is 13.1. The van der Waals surface area contributed by atoms with Crippen LogP contribution in [0.2, 0.25) is 0 Å². The van der Waals surface area contributed by atoms with Gasteiger partial charge in [-0.1, -0.05) is 54.1 Å². The van der Waals surface area contributed by atoms with Crippen LogP contribution in [0.15, 0.2) is 66.7 Å². The summed E-state index contributed by atoms with van der Waals surface area (Å²) in [7, 11) is 0. The van der Waals surface area contributed by atoms with Crippen LogP contribution >= 0.6 is 24.8 Å². The average molecular weight is 586 g/mol. The molecule has 6 heteroatoms. The van der Waals surface area contributed by atoms with Crippen LogP contribution in [0.3, 0.4) is 0 Å². The van der Waals surface area contributed by atoms with Gasteiger partial charge in [-0.25, -0.2) is 4.39 Å². The zero-order valence-electron chi connectivity index (χ0n) is 23.6. The molecule has 1 saturated heterocycles. The van der Waals surface area contributed by atoms with Gasteiger partial charge in [-0.15, -0.1) is 24.8 Å². The minimum Gasteiger partial charge on any atom is -0.299 e. The Bertz CT molecular complexity index is 1220. The molecular formula is C34H43Cl2FN2O. The zero-order chi connectivity index (χ0) is 26.3. The third-order valence-electron chi connectivity index (χ3n) is 8.45. The number of piperidine rings is 1. The fourth-order valence-electron chi connectivity index (χ4n) is 6.15. The van der Waals surface area contributed by atoms with Crippen molar-refractivity contribution in [3.05, 3.63) is 106 Å². The predicted molar refractivity (Wildman–Crippen MR) is 167 cm³/mol. The Morgan fingerprint density at radius 3 is 2.20 bits per heavy atom. The molecule has 0 aromatic heterocycles. The molecule has 1 fully saturated rings. The Kier molecular flexibility index (Phi) is 12.6. The summed E-state index contributed by atoms with van der Waals surface area (Å²) in [6.07, 6.45) is 7.20. The van der Waals surface area contributed by atoms with Gasteiger partial charge in [0.05, 0.1) is 0 Å². The van der Waals surface area contributed by atoms with E-state index in [2.05, 4.69) is 59.2 Å². The number of hydrogen-bond acceptors (Lipinski definition) is 3. The van der Waals surface area contributed by atoms with Crippen molar-refractivity contribution in [3.8, 4) is 0 Å². The van der Waals surface area contributed by atoms with Crippen molar-refractivity contribution in [2.75, 3.05) is 26.2 Å². The summed E-state index contributed by atoms with van der Waals surface area (Å²) in [5.74, 6) is 0.828. The molecule has 5 rings (SSSR count). The molecule has 2 aliphatic rings. The second-order valence-corrected chi connectivity index (χ2v) is 11.4. The van der Waals surface area contributed by atoms with E-state index in [4.69, 9.17) is 0 Å². The van der Waals surface area contributed by atoms with E-state index in [1.807, 2.05) is 12.1 Å². The fraction of sp³-hybridized carbons (Fsp3) is 0.441. The number of likely N-dealkylation sites (tertiary alicyclic amines) is 1. The minimum atomic E-state index is -0.173. The topological polar surface area (TPSA) is 23.6 Å². The standard InChI is InChI=1S/C34H41FN2O.2ClH/c1-26-4-2-6-29(22-26)25-37-20-16-30-10-11-32(23-31(30)17-21-37)34(38)7-3-5-27-14-18-36(19-15-27)24-28-8-12-33(35)13-9-28;;/h2,4,6,8-13,22-23,27H,3,5,7,14-21,24-25H2,1H3;2*1H. The Labute approximate surface area is 252 Å². The third-order valence-corrected chi connectivity index (χ3v) is 8.45. The first kappa shape index (κ1) is 32.3. The number of halogens is 3. The first-order valence-corrected chi connectivity index (χ1v) is 14.4. The van der Waals surface area contributed by atoms with Crippen LogP contribution in [-0.2, 0) is 25.9 Å². The van der Waals surface area contributed by atoms with Crippen molar-refractivity contribution in [3.63, 3.8) is 0 Å². The molecule has 40 heavy (non-hydrogen) atoms. The monoisotopic (exact) mass is 584 g/mol. The van der Waals surface area contributed by atoms with E-state index in [9.17, 15) is 9.18 Å². The summed E-state index contributed by atoms with van der Waals surface area (Å²) in [6, 6.07) is 22.1. The lowest BCUT2D eigenvalue weighted by atomic mass is 9.90. The van der Waals surface area contributed by atoms with Crippen molar-refractivity contribution in [2.24, 2.45) is 5.92 Å². The van der Waals surface area contributed by atoms with Crippen LogP contribution in [0.4, 0.5) is 4.39 Å². The van der Waals surface area contributed by atoms with E-state index in [1.165, 1.54) is 40.7 Å². The van der Waals surface area contributed by atoms with Gasteiger partial charge >= 0.3 is 0 Å². The number of rotatable bonds is 9. The molecule has 216 valence electrons. The maximum Gasteiger partial charge on any atom is 0.162 e. The zero-order valence-corrected chi connectivity index (χ0v) is 25.3. The first-order chi connectivity index (χ1) is 18.5. The molecule has 3 nitrogen and oxygen atoms in total. The average Bonchev–Trinajstić information content (AvgIpc) is 3.13. The second kappa shape index (κ2) is 15.7. The largest absolute Gasteiger partial charge is 0.299 e. The molecule has 0 unspecified atom stereocenters. The number of carbonyl (C=O) groups is 1. The molecule has 2 aliphatic heterocycles. The Morgan fingerprint density at radius 1 is 0.800 bits per heavy atom. The summed E-state index contributed by atoms with van der Waals surface area (Å²) in [5.41, 5.74) is 7.53. The molecule has 0 spiro atoms. The molecule has 0 saturated carbocycles. The van der Waals surface area contributed by atoms with E-state index >= 15 is 0 Å². The van der Waals surface area contributed by atoms with Crippen molar-refractivity contribution >= 4 is 30.6 Å². The molecule has 3 aromatic carbocycles. The number of aryl methyl sites for hydroxylation is 1. The number of Topliss-reactive ketones (excluding diaryl/α,β-unsaturated/α-hetero) is 1. The predicted octanol–water partition coefficient (Wildman–Crippen LogP) is 7.84. The highest BCUT2D eigenvalue weighted by molar-refractivity contribution is 5.96. The highest BCUT2D eigenvalue weighted by Crippen LogP contribution is 2.25. The number of ketones is 1. The number of hydrogen-bond donors (Lipinski definition) is 0. The minimum absolute atomic E-state index is 0. The van der Waals surface area contributed by atoms with Crippen molar-refractivity contribution < 1.29 is 9.18 Å². The van der Waals surface area contributed by atoms with Gasteiger partial charge in [-0.2, -0.15) is 0 Å². The maximum absolute atomic E-state index is 13.1. The van der Waals surface area contributed by atoms with Gasteiger partial charge < -0.3 is 0 Å². The molecule has 0 atom stereocenters. The molecule has 0 radical (unpaired) electrons. The molecule has 3 aromatic rings. The quantitative estimate of drug-likeness (QED) is 0.239. The van der Waals surface area contributed by atoms with Crippen molar-refractivity contribution in [1.82, 2.24) is 9.80 Å². The normalized spacial score (nSPS) is 16.4. The lowest BCUT2D eigenvalue weighted by Crippen LogP contribution is -2.33. The lowest BCUT2D eigenvalue weighted by molar-refractivity contribution is 0.0974. The number of carbonyl (C=O) groups excluding carboxylic acids is 1. The Hall–Kier alpha value is -2.24. The fourth-order valence-corrected chi connectivity index (χ4v) is 6.15. The number of fused-ring (bicyclic) bond motifs is 1. The summed E-state index contributed by atoms with van der Waals surface area (Å²) < 4.78 is 13.1. The summed E-state index contributed by atoms with van der Waals surface area (Å²) in [4.78, 5) is 18.0. The SMILES string of the molecule is Cc1cccc(CN2CCc3ccc(C(=O)CCCC4CCN(Cc5ccc(F)cc5)CC4)cc3CC2)c1.Cl.Cl. The number of benzene rings is 3. The highest BCUT2D eigenvalue weighted by Gasteiger charge is 2.20. The van der Waals surface area contributed by atoms with Crippen LogP contribution in [0.1, 0.15) is 70.3 Å². The Balaban J connectivity index is 0.00000220.